The van der Waals surface area contributed by atoms with Crippen LogP contribution in [0.1, 0.15) is 0 Å². The van der Waals surface area contributed by atoms with Gasteiger partial charge in [-0.15, -0.1) is 0 Å². The van der Waals surface area contributed by atoms with Crippen molar-refractivity contribution in [1.29, 1.82) is 0 Å². The summed E-state index contributed by atoms with van der Waals surface area (Å²) in [5.41, 5.74) is 0.817. The number of nitrogens with zero attached hydrogens (tertiary/aromatic N) is 4. The van der Waals surface area contributed by atoms with Crippen LogP contribution in [0.5, 0.6) is 0 Å². The maximum Gasteiger partial charge on any atom is 0.105 e. The molecule has 4 nitrogen and oxygen atoms in total. The summed E-state index contributed by atoms with van der Waals surface area (Å²) in [6.07, 6.45) is 6.50. The molecule has 0 aliphatic rings. The molecule has 2 aromatic heterocycles. The molecule has 0 N–H and O–H groups in total. The molecule has 0 atom stereocenters. The summed E-state index contributed by atoms with van der Waals surface area (Å²) in [5.74, 6) is 0. The zero-order chi connectivity index (χ0) is 7.52. The van der Waals surface area contributed by atoms with Crippen molar-refractivity contribution in [2.45, 2.75) is 0 Å². The van der Waals surface area contributed by atoms with E-state index in [1.807, 2.05) is 0 Å². The van der Waals surface area contributed by atoms with Gasteiger partial charge in [0.2, 0.25) is 0 Å². The van der Waals surface area contributed by atoms with Crippen LogP contribution in [-0.2, 0) is 0 Å². The zero-order valence-corrected chi connectivity index (χ0v) is 5.68. The molecule has 1 radical (unpaired) electrons. The summed E-state index contributed by atoms with van der Waals surface area (Å²) in [5, 5.41) is 7.86. The van der Waals surface area contributed by atoms with Gasteiger partial charge >= 0.3 is 0 Å². The highest BCUT2D eigenvalue weighted by molar-refractivity contribution is 5.22. The molecule has 53 valence electrons. The molecule has 0 aliphatic heterocycles. The largest absolute Gasteiger partial charge is 0.262 e. The van der Waals surface area contributed by atoms with Crippen molar-refractivity contribution in [1.82, 2.24) is 20.0 Å². The Morgan fingerprint density at radius 2 is 2.09 bits per heavy atom. The third kappa shape index (κ3) is 1.10. The maximum atomic E-state index is 3.93. The van der Waals surface area contributed by atoms with Crippen molar-refractivity contribution in [3.05, 3.63) is 36.9 Å². The third-order valence-electron chi connectivity index (χ3n) is 1.24. The van der Waals surface area contributed by atoms with E-state index in [9.17, 15) is 0 Å². The number of hydrogen-bond acceptors (Lipinski definition) is 3. The van der Waals surface area contributed by atoms with Crippen molar-refractivity contribution in [2.24, 2.45) is 0 Å². The van der Waals surface area contributed by atoms with Crippen LogP contribution in [0.25, 0.3) is 5.69 Å². The number of pyridine rings is 1. The van der Waals surface area contributed by atoms with Gasteiger partial charge in [-0.25, -0.2) is 0 Å². The quantitative estimate of drug-likeness (QED) is 0.585. The Bertz CT molecular complexity index is 313. The molecule has 0 fully saturated rings. The maximum absolute atomic E-state index is 3.93. The average Bonchev–Trinajstić information content (AvgIpc) is 2.58. The van der Waals surface area contributed by atoms with Crippen molar-refractivity contribution >= 4 is 0 Å². The third-order valence-corrected chi connectivity index (χ3v) is 1.24. The van der Waals surface area contributed by atoms with Crippen LogP contribution in [0.2, 0.25) is 0 Å². The number of aromatic nitrogens is 4. The van der Waals surface area contributed by atoms with Crippen molar-refractivity contribution in [3.8, 4) is 5.69 Å². The van der Waals surface area contributed by atoms with Gasteiger partial charge in [0.1, 0.15) is 5.69 Å². The lowest BCUT2D eigenvalue weighted by molar-refractivity contribution is 0.748. The highest BCUT2D eigenvalue weighted by atomic mass is 15.5. The monoisotopic (exact) mass is 145 g/mol. The van der Waals surface area contributed by atoms with E-state index in [0.29, 0.717) is 0 Å². The smallest absolute Gasteiger partial charge is 0.105 e. The molecule has 2 rings (SSSR count). The molecule has 0 amide bonds. The Morgan fingerprint density at radius 3 is 2.73 bits per heavy atom. The molecule has 2 heterocycles. The molecule has 0 spiro atoms. The summed E-state index contributed by atoms with van der Waals surface area (Å²) in [7, 11) is 0. The molecular weight excluding hydrogens is 140 g/mol. The van der Waals surface area contributed by atoms with Gasteiger partial charge in [0.05, 0.1) is 18.6 Å². The summed E-state index contributed by atoms with van der Waals surface area (Å²) in [6.45, 7) is 0. The predicted octanol–water partition coefficient (Wildman–Crippen LogP) is 0.462. The molecule has 0 saturated carbocycles. The fourth-order valence-corrected chi connectivity index (χ4v) is 0.775. The van der Waals surface area contributed by atoms with E-state index >= 15 is 0 Å². The second kappa shape index (κ2) is 2.49. The zero-order valence-electron chi connectivity index (χ0n) is 5.68. The minimum absolute atomic E-state index is 0.817. The van der Waals surface area contributed by atoms with Crippen LogP contribution in [0.15, 0.2) is 30.9 Å². The van der Waals surface area contributed by atoms with E-state index < -0.39 is 0 Å². The van der Waals surface area contributed by atoms with Gasteiger partial charge in [-0.05, 0) is 6.07 Å². The Kier molecular flexibility index (Phi) is 1.37. The van der Waals surface area contributed by atoms with Crippen LogP contribution >= 0.6 is 0 Å². The first kappa shape index (κ1) is 6.03. The molecule has 0 aromatic carbocycles. The lowest BCUT2D eigenvalue weighted by Crippen LogP contribution is -1.97. The van der Waals surface area contributed by atoms with E-state index in [1.54, 1.807) is 30.9 Å². The number of hydrogen-bond donors (Lipinski definition) is 0. The van der Waals surface area contributed by atoms with Crippen LogP contribution in [0.4, 0.5) is 0 Å². The minimum atomic E-state index is 0.817. The molecule has 0 unspecified atom stereocenters. The molecule has 0 aliphatic carbocycles. The highest BCUT2D eigenvalue weighted by Gasteiger charge is 1.93. The first-order valence-corrected chi connectivity index (χ1v) is 3.14. The van der Waals surface area contributed by atoms with E-state index in [4.69, 9.17) is 0 Å². The molecule has 0 bridgehead atoms. The van der Waals surface area contributed by atoms with Crippen molar-refractivity contribution in [3.63, 3.8) is 0 Å². The van der Waals surface area contributed by atoms with Crippen molar-refractivity contribution < 1.29 is 0 Å². The average molecular weight is 145 g/mol. The molecule has 11 heavy (non-hydrogen) atoms. The normalized spacial score (nSPS) is 9.82. The van der Waals surface area contributed by atoms with E-state index in [1.165, 1.54) is 4.80 Å². The standard InChI is InChI=1S/C7H5N4/c1-2-7(6-8-3-1)11-9-4-5-10-11/h2-6H. The topological polar surface area (TPSA) is 43.6 Å². The Balaban J connectivity index is 2.46. The first-order valence-electron chi connectivity index (χ1n) is 3.14. The van der Waals surface area contributed by atoms with Crippen LogP contribution in [-0.4, -0.2) is 20.0 Å². The minimum Gasteiger partial charge on any atom is -0.262 e. The summed E-state index contributed by atoms with van der Waals surface area (Å²) in [4.78, 5) is 5.37. The second-order valence-electron chi connectivity index (χ2n) is 1.96. The fraction of sp³-hybridized carbons (Fsp3) is 0. The Hall–Kier alpha value is -1.71. The van der Waals surface area contributed by atoms with Gasteiger partial charge < -0.3 is 0 Å². The lowest BCUT2D eigenvalue weighted by atomic mass is 10.4. The van der Waals surface area contributed by atoms with Gasteiger partial charge in [0.15, 0.2) is 0 Å². The van der Waals surface area contributed by atoms with Gasteiger partial charge in [0, 0.05) is 12.3 Å². The predicted molar refractivity (Wildman–Crippen MR) is 38.0 cm³/mol. The van der Waals surface area contributed by atoms with E-state index in [0.717, 1.165) is 5.69 Å². The fourth-order valence-electron chi connectivity index (χ4n) is 0.775. The lowest BCUT2D eigenvalue weighted by Gasteiger charge is -1.94. The van der Waals surface area contributed by atoms with Crippen molar-refractivity contribution in [2.75, 3.05) is 0 Å². The van der Waals surface area contributed by atoms with Crippen LogP contribution in [0, 0.1) is 6.07 Å². The summed E-state index contributed by atoms with van der Waals surface area (Å²) < 4.78 is 0. The second-order valence-corrected chi connectivity index (χ2v) is 1.96. The van der Waals surface area contributed by atoms with Gasteiger partial charge in [-0.3, -0.25) is 4.98 Å². The molecule has 0 saturated heterocycles. The Labute approximate surface area is 63.5 Å². The molecule has 4 heteroatoms. The van der Waals surface area contributed by atoms with Crippen LogP contribution < -0.4 is 0 Å². The molecular formula is C7H5N4. The summed E-state index contributed by atoms with van der Waals surface area (Å²) >= 11 is 0. The Morgan fingerprint density at radius 1 is 1.27 bits per heavy atom. The van der Waals surface area contributed by atoms with E-state index in [2.05, 4.69) is 21.2 Å². The van der Waals surface area contributed by atoms with Gasteiger partial charge in [0.25, 0.3) is 0 Å². The summed E-state index contributed by atoms with van der Waals surface area (Å²) in [6, 6.07) is 4.61. The van der Waals surface area contributed by atoms with Gasteiger partial charge in [-0.1, -0.05) is 0 Å². The van der Waals surface area contributed by atoms with Gasteiger partial charge in [-0.2, -0.15) is 15.0 Å². The van der Waals surface area contributed by atoms with Crippen LogP contribution in [0.3, 0.4) is 0 Å². The molecule has 2 aromatic rings. The van der Waals surface area contributed by atoms with E-state index in [-0.39, 0.29) is 0 Å². The highest BCUT2D eigenvalue weighted by Crippen LogP contribution is 1.97. The number of rotatable bonds is 1. The SMILES string of the molecule is [c]1cncc(-n2nccn2)c1. The first-order chi connectivity index (χ1) is 5.47.